The van der Waals surface area contributed by atoms with Crippen LogP contribution in [0.15, 0.2) is 24.3 Å². The van der Waals surface area contributed by atoms with E-state index in [2.05, 4.69) is 5.32 Å². The zero-order valence-electron chi connectivity index (χ0n) is 8.64. The first-order chi connectivity index (χ1) is 7.31. The molecule has 0 aromatic heterocycles. The van der Waals surface area contributed by atoms with Crippen LogP contribution in [0.1, 0.15) is 0 Å². The van der Waals surface area contributed by atoms with E-state index in [-0.39, 0.29) is 6.10 Å². The number of ether oxygens (including phenoxy) is 2. The van der Waals surface area contributed by atoms with Gasteiger partial charge in [-0.2, -0.15) is 0 Å². The van der Waals surface area contributed by atoms with Crippen molar-refractivity contribution in [3.63, 3.8) is 0 Å². The van der Waals surface area contributed by atoms with Crippen molar-refractivity contribution < 1.29 is 14.6 Å². The van der Waals surface area contributed by atoms with Crippen molar-refractivity contribution in [2.45, 2.75) is 12.2 Å². The van der Waals surface area contributed by atoms with E-state index >= 15 is 0 Å². The first kappa shape index (κ1) is 10.3. The molecule has 0 aliphatic carbocycles. The van der Waals surface area contributed by atoms with Gasteiger partial charge in [0.1, 0.15) is 12.7 Å². The van der Waals surface area contributed by atoms with Crippen LogP contribution in [-0.4, -0.2) is 37.5 Å². The van der Waals surface area contributed by atoms with Gasteiger partial charge in [0, 0.05) is 6.54 Å². The standard InChI is InChI=1S/C11H15NO3/c1-12-6-8(13)11-7-14-9-4-2-3-5-10(9)15-11/h2-5,8,11-13H,6-7H2,1H3. The van der Waals surface area contributed by atoms with Gasteiger partial charge in [0.25, 0.3) is 0 Å². The summed E-state index contributed by atoms with van der Waals surface area (Å²) in [6.07, 6.45) is -0.851. The molecule has 1 heterocycles. The summed E-state index contributed by atoms with van der Waals surface area (Å²) < 4.78 is 11.1. The molecule has 1 aromatic rings. The topological polar surface area (TPSA) is 50.7 Å². The molecular formula is C11H15NO3. The van der Waals surface area contributed by atoms with Gasteiger partial charge in [-0.1, -0.05) is 12.1 Å². The summed E-state index contributed by atoms with van der Waals surface area (Å²) in [5.41, 5.74) is 0. The molecule has 0 fully saturated rings. The Balaban J connectivity index is 2.05. The largest absolute Gasteiger partial charge is 0.486 e. The monoisotopic (exact) mass is 209 g/mol. The maximum atomic E-state index is 9.73. The van der Waals surface area contributed by atoms with E-state index in [0.29, 0.717) is 18.9 Å². The zero-order valence-corrected chi connectivity index (χ0v) is 8.64. The highest BCUT2D eigenvalue weighted by atomic mass is 16.6. The summed E-state index contributed by atoms with van der Waals surface area (Å²) in [5.74, 6) is 1.44. The molecule has 82 valence electrons. The maximum Gasteiger partial charge on any atom is 0.161 e. The second-order valence-electron chi connectivity index (χ2n) is 3.54. The Morgan fingerprint density at radius 1 is 1.47 bits per heavy atom. The average Bonchev–Trinajstić information content (AvgIpc) is 2.29. The van der Waals surface area contributed by atoms with Crippen LogP contribution in [-0.2, 0) is 0 Å². The van der Waals surface area contributed by atoms with E-state index in [1.165, 1.54) is 0 Å². The van der Waals surface area contributed by atoms with Crippen molar-refractivity contribution in [2.24, 2.45) is 0 Å². The molecule has 4 heteroatoms. The maximum absolute atomic E-state index is 9.73. The van der Waals surface area contributed by atoms with Crippen LogP contribution in [0.3, 0.4) is 0 Å². The van der Waals surface area contributed by atoms with Crippen molar-refractivity contribution >= 4 is 0 Å². The third kappa shape index (κ3) is 2.22. The first-order valence-electron chi connectivity index (χ1n) is 5.02. The van der Waals surface area contributed by atoms with Crippen LogP contribution >= 0.6 is 0 Å². The first-order valence-corrected chi connectivity index (χ1v) is 5.02. The number of likely N-dealkylation sites (N-methyl/N-ethyl adjacent to an activating group) is 1. The number of aliphatic hydroxyl groups excluding tert-OH is 1. The fourth-order valence-corrected chi connectivity index (χ4v) is 1.57. The molecule has 2 atom stereocenters. The highest BCUT2D eigenvalue weighted by molar-refractivity contribution is 5.40. The molecule has 0 radical (unpaired) electrons. The Morgan fingerprint density at radius 3 is 2.93 bits per heavy atom. The lowest BCUT2D eigenvalue weighted by molar-refractivity contribution is -0.00827. The molecule has 2 rings (SSSR count). The molecule has 1 aliphatic rings. The number of hydrogen-bond donors (Lipinski definition) is 2. The molecule has 2 N–H and O–H groups in total. The number of benzene rings is 1. The molecular weight excluding hydrogens is 194 g/mol. The van der Waals surface area contributed by atoms with Crippen molar-refractivity contribution in [1.29, 1.82) is 0 Å². The van der Waals surface area contributed by atoms with Gasteiger partial charge < -0.3 is 19.9 Å². The van der Waals surface area contributed by atoms with Gasteiger partial charge in [0.05, 0.1) is 0 Å². The second kappa shape index (κ2) is 4.51. The van der Waals surface area contributed by atoms with Crippen molar-refractivity contribution in [3.05, 3.63) is 24.3 Å². The van der Waals surface area contributed by atoms with Crippen molar-refractivity contribution in [3.8, 4) is 11.5 Å². The molecule has 0 saturated heterocycles. The lowest BCUT2D eigenvalue weighted by Crippen LogP contribution is -2.44. The van der Waals surface area contributed by atoms with Crippen molar-refractivity contribution in [1.82, 2.24) is 5.32 Å². The van der Waals surface area contributed by atoms with Crippen LogP contribution in [0.25, 0.3) is 0 Å². The average molecular weight is 209 g/mol. The smallest absolute Gasteiger partial charge is 0.161 e. The van der Waals surface area contributed by atoms with Gasteiger partial charge in [-0.05, 0) is 19.2 Å². The Morgan fingerprint density at radius 2 is 2.20 bits per heavy atom. The van der Waals surface area contributed by atoms with Gasteiger partial charge in [-0.25, -0.2) is 0 Å². The molecule has 1 aliphatic heterocycles. The number of para-hydroxylation sites is 2. The summed E-state index contributed by atoms with van der Waals surface area (Å²) in [6, 6.07) is 7.48. The van der Waals surface area contributed by atoms with Gasteiger partial charge in [-0.15, -0.1) is 0 Å². The predicted octanol–water partition coefficient (Wildman–Crippen LogP) is 0.407. The van der Waals surface area contributed by atoms with E-state index in [1.54, 1.807) is 7.05 Å². The molecule has 4 nitrogen and oxygen atoms in total. The second-order valence-corrected chi connectivity index (χ2v) is 3.54. The zero-order chi connectivity index (χ0) is 10.7. The number of fused-ring (bicyclic) bond motifs is 1. The Kier molecular flexibility index (Phi) is 3.08. The Labute approximate surface area is 88.8 Å². The van der Waals surface area contributed by atoms with E-state index in [9.17, 15) is 5.11 Å². The number of nitrogens with one attached hydrogen (secondary N) is 1. The Bertz CT molecular complexity index is 329. The molecule has 2 unspecified atom stereocenters. The number of hydrogen-bond acceptors (Lipinski definition) is 4. The van der Waals surface area contributed by atoms with Gasteiger partial charge in [-0.3, -0.25) is 0 Å². The quantitative estimate of drug-likeness (QED) is 0.757. The minimum Gasteiger partial charge on any atom is -0.486 e. The number of rotatable bonds is 3. The molecule has 0 amide bonds. The highest BCUT2D eigenvalue weighted by Gasteiger charge is 2.26. The van der Waals surface area contributed by atoms with E-state index < -0.39 is 6.10 Å². The predicted molar refractivity (Wildman–Crippen MR) is 56.3 cm³/mol. The van der Waals surface area contributed by atoms with Crippen LogP contribution in [0.2, 0.25) is 0 Å². The summed E-state index contributed by atoms with van der Waals surface area (Å²) in [4.78, 5) is 0. The molecule has 1 aromatic carbocycles. The van der Waals surface area contributed by atoms with E-state index in [4.69, 9.17) is 9.47 Å². The van der Waals surface area contributed by atoms with Gasteiger partial charge in [0.15, 0.2) is 17.6 Å². The lowest BCUT2D eigenvalue weighted by Gasteiger charge is -2.29. The van der Waals surface area contributed by atoms with E-state index in [1.807, 2.05) is 24.3 Å². The summed E-state index contributed by atoms with van der Waals surface area (Å²) in [7, 11) is 1.79. The minimum atomic E-state index is -0.552. The van der Waals surface area contributed by atoms with E-state index in [0.717, 1.165) is 5.75 Å². The molecule has 0 bridgehead atoms. The SMILES string of the molecule is CNCC(O)C1COc2ccccc2O1. The van der Waals surface area contributed by atoms with Crippen LogP contribution < -0.4 is 14.8 Å². The summed E-state index contributed by atoms with van der Waals surface area (Å²) in [5, 5.41) is 12.6. The van der Waals surface area contributed by atoms with Crippen LogP contribution in [0.4, 0.5) is 0 Å². The summed E-state index contributed by atoms with van der Waals surface area (Å²) in [6.45, 7) is 0.885. The highest BCUT2D eigenvalue weighted by Crippen LogP contribution is 2.31. The minimum absolute atomic E-state index is 0.299. The Hall–Kier alpha value is -1.26. The third-order valence-electron chi connectivity index (χ3n) is 2.37. The number of aliphatic hydroxyl groups is 1. The molecule has 15 heavy (non-hydrogen) atoms. The lowest BCUT2D eigenvalue weighted by atomic mass is 10.2. The normalized spacial score (nSPS) is 21.1. The van der Waals surface area contributed by atoms with Gasteiger partial charge in [0.2, 0.25) is 0 Å². The van der Waals surface area contributed by atoms with Gasteiger partial charge >= 0.3 is 0 Å². The summed E-state index contributed by atoms with van der Waals surface area (Å²) >= 11 is 0. The van der Waals surface area contributed by atoms with Crippen LogP contribution in [0.5, 0.6) is 11.5 Å². The van der Waals surface area contributed by atoms with Crippen LogP contribution in [0, 0.1) is 0 Å². The van der Waals surface area contributed by atoms with Crippen molar-refractivity contribution in [2.75, 3.05) is 20.2 Å². The fourth-order valence-electron chi connectivity index (χ4n) is 1.57. The fraction of sp³-hybridized carbons (Fsp3) is 0.455. The third-order valence-corrected chi connectivity index (χ3v) is 2.37. The molecule has 0 saturated carbocycles. The molecule has 0 spiro atoms.